The molecule has 5 nitrogen and oxygen atoms in total. The lowest BCUT2D eigenvalue weighted by Crippen LogP contribution is -2.50. The molecule has 2 aliphatic rings. The molecule has 2 atom stereocenters. The Morgan fingerprint density at radius 3 is 2.74 bits per heavy atom. The highest BCUT2D eigenvalue weighted by Crippen LogP contribution is 2.37. The summed E-state index contributed by atoms with van der Waals surface area (Å²) in [6.07, 6.45) is 7.57. The molecule has 1 N–H and O–H groups in total. The molecular formula is C17H19N3O2S. The summed E-state index contributed by atoms with van der Waals surface area (Å²) in [5.41, 5.74) is 0. The Morgan fingerprint density at radius 1 is 1.26 bits per heavy atom. The fourth-order valence-corrected chi connectivity index (χ4v) is 4.29. The first-order valence-electron chi connectivity index (χ1n) is 7.99. The number of hydrogen-bond acceptors (Lipinski definition) is 4. The Hall–Kier alpha value is -2.08. The van der Waals surface area contributed by atoms with Crippen LogP contribution in [0.25, 0.3) is 0 Å². The summed E-state index contributed by atoms with van der Waals surface area (Å²) in [6.45, 7) is 0. The second kappa shape index (κ2) is 6.20. The Bertz CT molecular complexity index is 648. The number of rotatable bonds is 3. The second-order valence-electron chi connectivity index (χ2n) is 6.10. The van der Waals surface area contributed by atoms with Gasteiger partial charge in [-0.1, -0.05) is 0 Å². The molecule has 23 heavy (non-hydrogen) atoms. The summed E-state index contributed by atoms with van der Waals surface area (Å²) in [4.78, 5) is 18.7. The van der Waals surface area contributed by atoms with Crippen molar-refractivity contribution < 1.29 is 9.53 Å². The van der Waals surface area contributed by atoms with Crippen molar-refractivity contribution in [2.75, 3.05) is 5.32 Å². The standard InChI is InChI=1S/C17H19N3O2S/c21-17(19-16-4-2-8-23-16)20-12-5-6-13(20)10-15(9-12)22-14-3-1-7-18-11-14/h1-4,7-8,11-13,15H,5-6,9-10H2,(H,19,21). The monoisotopic (exact) mass is 329 g/mol. The molecule has 0 aromatic carbocycles. The van der Waals surface area contributed by atoms with Crippen molar-refractivity contribution in [2.24, 2.45) is 0 Å². The minimum Gasteiger partial charge on any atom is -0.489 e. The average molecular weight is 329 g/mol. The molecule has 2 bridgehead atoms. The molecule has 2 saturated heterocycles. The maximum atomic E-state index is 12.6. The van der Waals surface area contributed by atoms with Crippen LogP contribution in [-0.4, -0.2) is 34.1 Å². The van der Waals surface area contributed by atoms with E-state index in [1.807, 2.05) is 34.5 Å². The van der Waals surface area contributed by atoms with E-state index in [9.17, 15) is 4.79 Å². The van der Waals surface area contributed by atoms with Gasteiger partial charge >= 0.3 is 6.03 Å². The number of fused-ring (bicyclic) bond motifs is 2. The van der Waals surface area contributed by atoms with Crippen LogP contribution in [0.1, 0.15) is 25.7 Å². The van der Waals surface area contributed by atoms with E-state index in [0.717, 1.165) is 36.4 Å². The van der Waals surface area contributed by atoms with Gasteiger partial charge in [-0.3, -0.25) is 10.3 Å². The van der Waals surface area contributed by atoms with Gasteiger partial charge in [0.1, 0.15) is 11.9 Å². The topological polar surface area (TPSA) is 54.5 Å². The van der Waals surface area contributed by atoms with Gasteiger partial charge in [-0.25, -0.2) is 4.79 Å². The molecule has 2 fully saturated rings. The lowest BCUT2D eigenvalue weighted by Gasteiger charge is -2.38. The van der Waals surface area contributed by atoms with Crippen LogP contribution in [-0.2, 0) is 0 Å². The van der Waals surface area contributed by atoms with Gasteiger partial charge in [0.05, 0.1) is 11.2 Å². The van der Waals surface area contributed by atoms with Crippen LogP contribution in [0.3, 0.4) is 0 Å². The number of hydrogen-bond donors (Lipinski definition) is 1. The van der Waals surface area contributed by atoms with Crippen molar-refractivity contribution in [3.63, 3.8) is 0 Å². The number of carbonyl (C=O) groups excluding carboxylic acids is 1. The molecule has 2 aromatic heterocycles. The third-order valence-electron chi connectivity index (χ3n) is 4.61. The zero-order chi connectivity index (χ0) is 15.6. The van der Waals surface area contributed by atoms with Crippen LogP contribution in [0.5, 0.6) is 5.75 Å². The lowest BCUT2D eigenvalue weighted by atomic mass is 10.00. The third kappa shape index (κ3) is 3.03. The molecule has 0 radical (unpaired) electrons. The normalized spacial score (nSPS) is 26.1. The number of nitrogens with one attached hydrogen (secondary N) is 1. The molecule has 4 heterocycles. The molecule has 2 amide bonds. The number of ether oxygens (including phenoxy) is 1. The average Bonchev–Trinajstić information content (AvgIpc) is 3.15. The van der Waals surface area contributed by atoms with Crippen LogP contribution in [0.2, 0.25) is 0 Å². The number of nitrogens with zero attached hydrogens (tertiary/aromatic N) is 2. The quantitative estimate of drug-likeness (QED) is 0.933. The van der Waals surface area contributed by atoms with Crippen molar-refractivity contribution in [2.45, 2.75) is 43.9 Å². The largest absolute Gasteiger partial charge is 0.489 e. The molecule has 2 aliphatic heterocycles. The zero-order valence-corrected chi connectivity index (χ0v) is 13.5. The Balaban J connectivity index is 1.41. The summed E-state index contributed by atoms with van der Waals surface area (Å²) in [5.74, 6) is 0.813. The summed E-state index contributed by atoms with van der Waals surface area (Å²) < 4.78 is 6.05. The number of thiophene rings is 1. The van der Waals surface area contributed by atoms with Gasteiger partial charge in [0.25, 0.3) is 0 Å². The second-order valence-corrected chi connectivity index (χ2v) is 7.05. The van der Waals surface area contributed by atoms with Crippen LogP contribution < -0.4 is 10.1 Å². The highest BCUT2D eigenvalue weighted by atomic mass is 32.1. The minimum absolute atomic E-state index is 0.0276. The number of pyridine rings is 1. The molecule has 2 unspecified atom stereocenters. The number of anilines is 1. The van der Waals surface area contributed by atoms with Gasteiger partial charge < -0.3 is 9.64 Å². The number of urea groups is 1. The van der Waals surface area contributed by atoms with Crippen molar-refractivity contribution in [3.8, 4) is 5.75 Å². The molecule has 0 aliphatic carbocycles. The molecule has 4 rings (SSSR count). The van der Waals surface area contributed by atoms with Crippen LogP contribution in [0.15, 0.2) is 42.0 Å². The van der Waals surface area contributed by atoms with E-state index in [0.29, 0.717) is 0 Å². The maximum Gasteiger partial charge on any atom is 0.322 e. The Labute approximate surface area is 139 Å². The molecule has 0 saturated carbocycles. The highest BCUT2D eigenvalue weighted by Gasteiger charge is 2.44. The van der Waals surface area contributed by atoms with E-state index < -0.39 is 0 Å². The number of carbonyl (C=O) groups is 1. The van der Waals surface area contributed by atoms with Gasteiger partial charge in [0.15, 0.2) is 0 Å². The van der Waals surface area contributed by atoms with Gasteiger partial charge in [0, 0.05) is 31.1 Å². The third-order valence-corrected chi connectivity index (χ3v) is 5.40. The van der Waals surface area contributed by atoms with Crippen molar-refractivity contribution in [1.82, 2.24) is 9.88 Å². The van der Waals surface area contributed by atoms with Crippen LogP contribution in [0, 0.1) is 0 Å². The smallest absolute Gasteiger partial charge is 0.322 e. The van der Waals surface area contributed by atoms with E-state index in [-0.39, 0.29) is 24.2 Å². The van der Waals surface area contributed by atoms with Crippen LogP contribution >= 0.6 is 11.3 Å². The van der Waals surface area contributed by atoms with E-state index in [2.05, 4.69) is 10.3 Å². The molecule has 2 aromatic rings. The minimum atomic E-state index is 0.0276. The van der Waals surface area contributed by atoms with Gasteiger partial charge in [-0.05, 0) is 42.5 Å². The van der Waals surface area contributed by atoms with Gasteiger partial charge in [0.2, 0.25) is 0 Å². The van der Waals surface area contributed by atoms with Crippen molar-refractivity contribution >= 4 is 22.4 Å². The number of amides is 2. The SMILES string of the molecule is O=C(Nc1cccs1)N1C2CCC1CC(Oc1cccnc1)C2. The first kappa shape index (κ1) is 14.5. The molecular weight excluding hydrogens is 310 g/mol. The molecule has 6 heteroatoms. The summed E-state index contributed by atoms with van der Waals surface area (Å²) in [5, 5.41) is 5.89. The maximum absolute atomic E-state index is 12.6. The highest BCUT2D eigenvalue weighted by molar-refractivity contribution is 7.14. The predicted molar refractivity (Wildman–Crippen MR) is 89.9 cm³/mol. The van der Waals surface area contributed by atoms with E-state index in [4.69, 9.17) is 4.74 Å². The Morgan fingerprint density at radius 2 is 2.09 bits per heavy atom. The first-order chi connectivity index (χ1) is 11.3. The predicted octanol–water partition coefficient (Wildman–Crippen LogP) is 3.75. The number of piperidine rings is 1. The van der Waals surface area contributed by atoms with Gasteiger partial charge in [-0.2, -0.15) is 0 Å². The summed E-state index contributed by atoms with van der Waals surface area (Å²) >= 11 is 1.55. The van der Waals surface area contributed by atoms with Crippen molar-refractivity contribution in [3.05, 3.63) is 42.0 Å². The fraction of sp³-hybridized carbons (Fsp3) is 0.412. The zero-order valence-electron chi connectivity index (χ0n) is 12.7. The molecule has 0 spiro atoms. The van der Waals surface area contributed by atoms with Crippen molar-refractivity contribution in [1.29, 1.82) is 0 Å². The van der Waals surface area contributed by atoms with Gasteiger partial charge in [-0.15, -0.1) is 11.3 Å². The number of aromatic nitrogens is 1. The lowest BCUT2D eigenvalue weighted by molar-refractivity contribution is 0.0730. The Kier molecular flexibility index (Phi) is 3.91. The van der Waals surface area contributed by atoms with E-state index in [1.54, 1.807) is 23.7 Å². The summed E-state index contributed by atoms with van der Waals surface area (Å²) in [7, 11) is 0. The summed E-state index contributed by atoms with van der Waals surface area (Å²) in [6, 6.07) is 8.27. The first-order valence-corrected chi connectivity index (χ1v) is 8.87. The van der Waals surface area contributed by atoms with E-state index in [1.165, 1.54) is 0 Å². The van der Waals surface area contributed by atoms with Crippen LogP contribution in [0.4, 0.5) is 9.80 Å². The van der Waals surface area contributed by atoms with E-state index >= 15 is 0 Å². The molecule has 120 valence electrons. The fourth-order valence-electron chi connectivity index (χ4n) is 3.68.